The number of hydrogen-bond donors (Lipinski definition) is 0. The van der Waals surface area contributed by atoms with Crippen LogP contribution in [0.4, 0.5) is 0 Å². The smallest absolute Gasteiger partial charge is 0.253 e. The van der Waals surface area contributed by atoms with E-state index in [0.29, 0.717) is 25.2 Å². The number of carbonyl (C=O) groups excluding carboxylic acids is 3. The van der Waals surface area contributed by atoms with Crippen LogP contribution < -0.4 is 0 Å². The molecular weight excluding hydrogens is 354 g/mol. The first-order chi connectivity index (χ1) is 13.4. The van der Waals surface area contributed by atoms with E-state index in [2.05, 4.69) is 0 Å². The normalized spacial score (nSPS) is 19.2. The van der Waals surface area contributed by atoms with Gasteiger partial charge < -0.3 is 14.7 Å². The van der Waals surface area contributed by atoms with Gasteiger partial charge in [0.1, 0.15) is 0 Å². The number of nitrogens with zero attached hydrogens (tertiary/aromatic N) is 3. The summed E-state index contributed by atoms with van der Waals surface area (Å²) < 4.78 is 0. The average Bonchev–Trinajstić information content (AvgIpc) is 3.56. The molecule has 0 spiro atoms. The number of hydrogen-bond acceptors (Lipinski definition) is 3. The summed E-state index contributed by atoms with van der Waals surface area (Å²) in [5, 5.41) is 0. The van der Waals surface area contributed by atoms with Gasteiger partial charge in [0, 0.05) is 51.8 Å². The second-order valence-electron chi connectivity index (χ2n) is 8.15. The summed E-state index contributed by atoms with van der Waals surface area (Å²) in [6.45, 7) is 4.48. The van der Waals surface area contributed by atoms with Gasteiger partial charge in [0.25, 0.3) is 5.91 Å². The zero-order valence-electron chi connectivity index (χ0n) is 17.2. The molecule has 0 aromatic heterocycles. The van der Waals surface area contributed by atoms with E-state index in [9.17, 15) is 14.4 Å². The minimum absolute atomic E-state index is 0.0300. The van der Waals surface area contributed by atoms with Crippen LogP contribution >= 0.6 is 0 Å². The highest BCUT2D eigenvalue weighted by Gasteiger charge is 2.37. The van der Waals surface area contributed by atoms with Crippen molar-refractivity contribution in [3.05, 3.63) is 35.4 Å². The summed E-state index contributed by atoms with van der Waals surface area (Å²) >= 11 is 0. The summed E-state index contributed by atoms with van der Waals surface area (Å²) in [5.41, 5.74) is 1.65. The molecule has 152 valence electrons. The zero-order valence-corrected chi connectivity index (χ0v) is 17.2. The van der Waals surface area contributed by atoms with Crippen LogP contribution in [0.15, 0.2) is 24.3 Å². The van der Waals surface area contributed by atoms with Gasteiger partial charge in [0.2, 0.25) is 11.8 Å². The number of likely N-dealkylation sites (tertiary alicyclic amines) is 1. The van der Waals surface area contributed by atoms with Gasteiger partial charge in [-0.1, -0.05) is 12.1 Å². The quantitative estimate of drug-likeness (QED) is 0.755. The molecule has 2 aliphatic rings. The lowest BCUT2D eigenvalue weighted by Gasteiger charge is -2.35. The minimum atomic E-state index is -0.106. The van der Waals surface area contributed by atoms with Gasteiger partial charge in [-0.05, 0) is 50.3 Å². The monoisotopic (exact) mass is 385 g/mol. The minimum Gasteiger partial charge on any atom is -0.345 e. The lowest BCUT2D eigenvalue weighted by atomic mass is 9.95. The molecule has 2 fully saturated rings. The third kappa shape index (κ3) is 4.72. The van der Waals surface area contributed by atoms with Crippen LogP contribution in [-0.2, 0) is 16.1 Å². The van der Waals surface area contributed by atoms with Crippen LogP contribution in [0.2, 0.25) is 0 Å². The van der Waals surface area contributed by atoms with Crippen LogP contribution in [0, 0.1) is 11.8 Å². The predicted molar refractivity (Wildman–Crippen MR) is 108 cm³/mol. The van der Waals surface area contributed by atoms with Gasteiger partial charge in [0.15, 0.2) is 0 Å². The molecule has 3 amide bonds. The van der Waals surface area contributed by atoms with Crippen molar-refractivity contribution in [1.82, 2.24) is 14.7 Å². The molecule has 1 unspecified atom stereocenters. The maximum atomic E-state index is 13.1. The van der Waals surface area contributed by atoms with E-state index in [-0.39, 0.29) is 29.6 Å². The Morgan fingerprint density at radius 2 is 1.71 bits per heavy atom. The summed E-state index contributed by atoms with van der Waals surface area (Å²) in [6, 6.07) is 7.45. The average molecular weight is 386 g/mol. The standard InChI is InChI=1S/C22H31N3O3/c1-4-24(14-16-7-9-17(10-8-16)20(26)23(2)3)22(28)19-6-5-13-25(15-19)21(27)18-11-12-18/h7-10,18-19H,4-6,11-15H2,1-3H3. The van der Waals surface area contributed by atoms with Gasteiger partial charge in [-0.15, -0.1) is 0 Å². The Labute approximate surface area is 167 Å². The number of benzene rings is 1. The van der Waals surface area contributed by atoms with Gasteiger partial charge in [0.05, 0.1) is 5.92 Å². The predicted octanol–water partition coefficient (Wildman–Crippen LogP) is 2.39. The molecule has 1 saturated carbocycles. The van der Waals surface area contributed by atoms with Crippen LogP contribution in [0.25, 0.3) is 0 Å². The largest absolute Gasteiger partial charge is 0.345 e. The van der Waals surface area contributed by atoms with Crippen molar-refractivity contribution < 1.29 is 14.4 Å². The van der Waals surface area contributed by atoms with E-state index in [1.807, 2.05) is 41.0 Å². The number of rotatable bonds is 6. The van der Waals surface area contributed by atoms with Crippen LogP contribution in [0.5, 0.6) is 0 Å². The molecule has 0 bridgehead atoms. The van der Waals surface area contributed by atoms with E-state index in [4.69, 9.17) is 0 Å². The molecule has 1 atom stereocenters. The van der Waals surface area contributed by atoms with Crippen molar-refractivity contribution in [3.63, 3.8) is 0 Å². The Kier molecular flexibility index (Phi) is 6.37. The number of amides is 3. The van der Waals surface area contributed by atoms with E-state index in [1.165, 1.54) is 0 Å². The van der Waals surface area contributed by atoms with E-state index >= 15 is 0 Å². The Hall–Kier alpha value is -2.37. The van der Waals surface area contributed by atoms with Crippen molar-refractivity contribution in [2.24, 2.45) is 11.8 Å². The van der Waals surface area contributed by atoms with Crippen molar-refractivity contribution >= 4 is 17.7 Å². The summed E-state index contributed by atoms with van der Waals surface area (Å²) in [7, 11) is 3.46. The third-order valence-corrected chi connectivity index (χ3v) is 5.68. The third-order valence-electron chi connectivity index (χ3n) is 5.68. The molecule has 3 rings (SSSR count). The first kappa shape index (κ1) is 20.4. The van der Waals surface area contributed by atoms with Gasteiger partial charge in [-0.2, -0.15) is 0 Å². The second-order valence-corrected chi connectivity index (χ2v) is 8.15. The molecule has 6 nitrogen and oxygen atoms in total. The van der Waals surface area contributed by atoms with Gasteiger partial charge in [-0.3, -0.25) is 14.4 Å². The SMILES string of the molecule is CCN(Cc1ccc(C(=O)N(C)C)cc1)C(=O)C1CCCN(C(=O)C2CC2)C1. The molecule has 1 heterocycles. The number of carbonyl (C=O) groups is 3. The highest BCUT2D eigenvalue weighted by atomic mass is 16.2. The first-order valence-electron chi connectivity index (χ1n) is 10.3. The molecule has 1 aromatic rings. The Bertz CT molecular complexity index is 725. The first-order valence-corrected chi connectivity index (χ1v) is 10.3. The fourth-order valence-corrected chi connectivity index (χ4v) is 3.80. The van der Waals surface area contributed by atoms with E-state index in [1.54, 1.807) is 19.0 Å². The highest BCUT2D eigenvalue weighted by molar-refractivity contribution is 5.93. The Morgan fingerprint density at radius 1 is 1.04 bits per heavy atom. The topological polar surface area (TPSA) is 60.9 Å². The van der Waals surface area contributed by atoms with Crippen LogP contribution in [0.1, 0.15) is 48.5 Å². The van der Waals surface area contributed by atoms with Gasteiger partial charge >= 0.3 is 0 Å². The molecular formula is C22H31N3O3. The molecule has 1 saturated heterocycles. The maximum absolute atomic E-state index is 13.1. The van der Waals surface area contributed by atoms with Crippen molar-refractivity contribution in [3.8, 4) is 0 Å². The molecule has 0 N–H and O–H groups in total. The molecule has 1 aliphatic carbocycles. The Morgan fingerprint density at radius 3 is 2.29 bits per heavy atom. The molecule has 1 aromatic carbocycles. The van der Waals surface area contributed by atoms with Crippen molar-refractivity contribution in [2.75, 3.05) is 33.7 Å². The highest BCUT2D eigenvalue weighted by Crippen LogP contribution is 2.32. The molecule has 0 radical (unpaired) electrons. The van der Waals surface area contributed by atoms with Crippen LogP contribution in [-0.4, -0.2) is 66.2 Å². The lowest BCUT2D eigenvalue weighted by molar-refractivity contribution is -0.141. The Balaban J connectivity index is 1.61. The summed E-state index contributed by atoms with van der Waals surface area (Å²) in [4.78, 5) is 42.8. The van der Waals surface area contributed by atoms with Crippen molar-refractivity contribution in [1.29, 1.82) is 0 Å². The van der Waals surface area contributed by atoms with Gasteiger partial charge in [-0.25, -0.2) is 0 Å². The molecule has 6 heteroatoms. The zero-order chi connectivity index (χ0) is 20.3. The fourth-order valence-electron chi connectivity index (χ4n) is 3.80. The van der Waals surface area contributed by atoms with E-state index in [0.717, 1.165) is 37.8 Å². The second kappa shape index (κ2) is 8.76. The maximum Gasteiger partial charge on any atom is 0.253 e. The van der Waals surface area contributed by atoms with Crippen molar-refractivity contribution in [2.45, 2.75) is 39.2 Å². The molecule has 1 aliphatic heterocycles. The van der Waals surface area contributed by atoms with Crippen LogP contribution in [0.3, 0.4) is 0 Å². The molecule has 28 heavy (non-hydrogen) atoms. The number of piperidine rings is 1. The summed E-state index contributed by atoms with van der Waals surface area (Å²) in [5.74, 6) is 0.439. The summed E-state index contributed by atoms with van der Waals surface area (Å²) in [6.07, 6.45) is 3.75. The van der Waals surface area contributed by atoms with E-state index < -0.39 is 0 Å². The fraction of sp³-hybridized carbons (Fsp3) is 0.591. The lowest BCUT2D eigenvalue weighted by Crippen LogP contribution is -2.47.